The number of aromatic nitrogens is 3. The molecule has 7 heteroatoms. The molecule has 1 aromatic carbocycles. The second-order valence-corrected chi connectivity index (χ2v) is 7.14. The Hall–Kier alpha value is -2.93. The normalized spacial score (nSPS) is 14.4. The van der Waals surface area contributed by atoms with Crippen LogP contribution < -0.4 is 10.2 Å². The third kappa shape index (κ3) is 3.99. The first-order valence-corrected chi connectivity index (χ1v) is 9.57. The maximum atomic E-state index is 12.5. The summed E-state index contributed by atoms with van der Waals surface area (Å²) < 4.78 is 7.45. The van der Waals surface area contributed by atoms with Crippen LogP contribution in [0.1, 0.15) is 17.0 Å². The number of benzene rings is 1. The van der Waals surface area contributed by atoms with Crippen molar-refractivity contribution in [2.24, 2.45) is 7.05 Å². The van der Waals surface area contributed by atoms with E-state index in [0.29, 0.717) is 32.1 Å². The van der Waals surface area contributed by atoms with Crippen LogP contribution in [0.4, 0.5) is 5.95 Å². The molecule has 1 amide bonds. The SMILES string of the molecule is Cc1cc(CNC(=O)Cc2cn(C)c3ccccc23)nc(N2CCOCC2)n1. The third-order valence-corrected chi connectivity index (χ3v) is 4.99. The summed E-state index contributed by atoms with van der Waals surface area (Å²) in [5.74, 6) is 0.696. The number of para-hydroxylation sites is 1. The van der Waals surface area contributed by atoms with Gasteiger partial charge in [-0.3, -0.25) is 4.79 Å². The zero-order valence-corrected chi connectivity index (χ0v) is 16.3. The van der Waals surface area contributed by atoms with E-state index in [9.17, 15) is 4.79 Å². The highest BCUT2D eigenvalue weighted by molar-refractivity contribution is 5.89. The lowest BCUT2D eigenvalue weighted by atomic mass is 10.1. The second-order valence-electron chi connectivity index (χ2n) is 7.14. The fourth-order valence-electron chi connectivity index (χ4n) is 3.60. The number of carbonyl (C=O) groups excluding carboxylic acids is 1. The molecule has 3 heterocycles. The minimum absolute atomic E-state index is 0.0134. The molecule has 3 aromatic rings. The molecule has 0 unspecified atom stereocenters. The summed E-state index contributed by atoms with van der Waals surface area (Å²) >= 11 is 0. The standard InChI is InChI=1S/C21H25N5O2/c1-15-11-17(24-21(23-15)26-7-9-28-10-8-26)13-22-20(27)12-16-14-25(2)19-6-4-3-5-18(16)19/h3-6,11,14H,7-10,12-13H2,1-2H3,(H,22,27). The highest BCUT2D eigenvalue weighted by Gasteiger charge is 2.15. The summed E-state index contributed by atoms with van der Waals surface area (Å²) in [4.78, 5) is 23.8. The smallest absolute Gasteiger partial charge is 0.225 e. The van der Waals surface area contributed by atoms with E-state index in [4.69, 9.17) is 4.74 Å². The van der Waals surface area contributed by atoms with Gasteiger partial charge in [-0.1, -0.05) is 18.2 Å². The van der Waals surface area contributed by atoms with E-state index in [0.717, 1.165) is 40.9 Å². The summed E-state index contributed by atoms with van der Waals surface area (Å²) in [7, 11) is 2.00. The Balaban J connectivity index is 1.42. The van der Waals surface area contributed by atoms with Crippen LogP contribution in [-0.4, -0.2) is 46.7 Å². The van der Waals surface area contributed by atoms with Crippen LogP contribution in [0.5, 0.6) is 0 Å². The molecule has 1 fully saturated rings. The predicted octanol–water partition coefficient (Wildman–Crippen LogP) is 1.97. The molecule has 0 spiro atoms. The number of hydrogen-bond donors (Lipinski definition) is 1. The van der Waals surface area contributed by atoms with E-state index < -0.39 is 0 Å². The van der Waals surface area contributed by atoms with Gasteiger partial charge in [0.2, 0.25) is 11.9 Å². The number of amides is 1. The lowest BCUT2D eigenvalue weighted by Crippen LogP contribution is -2.37. The van der Waals surface area contributed by atoms with Gasteiger partial charge in [-0.05, 0) is 24.6 Å². The van der Waals surface area contributed by atoms with Gasteiger partial charge in [-0.25, -0.2) is 9.97 Å². The van der Waals surface area contributed by atoms with E-state index in [1.54, 1.807) is 0 Å². The van der Waals surface area contributed by atoms with Crippen LogP contribution in [0.3, 0.4) is 0 Å². The van der Waals surface area contributed by atoms with Crippen LogP contribution in [-0.2, 0) is 29.5 Å². The second kappa shape index (κ2) is 7.98. The van der Waals surface area contributed by atoms with Crippen molar-refractivity contribution in [2.45, 2.75) is 19.9 Å². The van der Waals surface area contributed by atoms with E-state index in [1.807, 2.05) is 38.4 Å². The number of nitrogens with zero attached hydrogens (tertiary/aromatic N) is 4. The molecule has 1 saturated heterocycles. The molecule has 0 aliphatic carbocycles. The Labute approximate surface area is 164 Å². The summed E-state index contributed by atoms with van der Waals surface area (Å²) in [5, 5.41) is 4.12. The summed E-state index contributed by atoms with van der Waals surface area (Å²) in [6.07, 6.45) is 2.37. The van der Waals surface area contributed by atoms with Gasteiger partial charge in [0.15, 0.2) is 0 Å². The van der Waals surface area contributed by atoms with E-state index in [1.165, 1.54) is 0 Å². The van der Waals surface area contributed by atoms with Crippen molar-refractivity contribution in [1.82, 2.24) is 19.9 Å². The monoisotopic (exact) mass is 379 g/mol. The van der Waals surface area contributed by atoms with Gasteiger partial charge in [-0.15, -0.1) is 0 Å². The van der Waals surface area contributed by atoms with E-state index in [2.05, 4.69) is 36.9 Å². The Kier molecular flexibility index (Phi) is 5.25. The Morgan fingerprint density at radius 1 is 1.21 bits per heavy atom. The topological polar surface area (TPSA) is 72.3 Å². The number of fused-ring (bicyclic) bond motifs is 1. The van der Waals surface area contributed by atoms with Crippen molar-refractivity contribution in [3.05, 3.63) is 53.5 Å². The molecule has 1 aliphatic heterocycles. The lowest BCUT2D eigenvalue weighted by molar-refractivity contribution is -0.120. The van der Waals surface area contributed by atoms with Crippen molar-refractivity contribution in [3.8, 4) is 0 Å². The molecule has 0 atom stereocenters. The zero-order chi connectivity index (χ0) is 19.5. The van der Waals surface area contributed by atoms with E-state index >= 15 is 0 Å². The molecule has 0 radical (unpaired) electrons. The molecule has 0 saturated carbocycles. The molecule has 4 rings (SSSR count). The van der Waals surface area contributed by atoms with Gasteiger partial charge >= 0.3 is 0 Å². The maximum Gasteiger partial charge on any atom is 0.225 e. The minimum atomic E-state index is -0.0134. The molecule has 7 nitrogen and oxygen atoms in total. The van der Waals surface area contributed by atoms with Crippen molar-refractivity contribution >= 4 is 22.8 Å². The van der Waals surface area contributed by atoms with Gasteiger partial charge in [0.1, 0.15) is 0 Å². The average molecular weight is 379 g/mol. The van der Waals surface area contributed by atoms with Crippen molar-refractivity contribution in [1.29, 1.82) is 0 Å². The average Bonchev–Trinajstić information content (AvgIpc) is 3.02. The fourth-order valence-corrected chi connectivity index (χ4v) is 3.60. The molecular formula is C21H25N5O2. The largest absolute Gasteiger partial charge is 0.378 e. The Morgan fingerprint density at radius 3 is 2.82 bits per heavy atom. The number of hydrogen-bond acceptors (Lipinski definition) is 5. The Bertz CT molecular complexity index is 992. The highest BCUT2D eigenvalue weighted by Crippen LogP contribution is 2.20. The van der Waals surface area contributed by atoms with Gasteiger partial charge in [0.25, 0.3) is 0 Å². The predicted molar refractivity (Wildman–Crippen MR) is 108 cm³/mol. The van der Waals surface area contributed by atoms with Crippen LogP contribution >= 0.6 is 0 Å². The molecule has 146 valence electrons. The molecule has 1 aliphatic rings. The number of aryl methyl sites for hydroxylation is 2. The molecule has 2 aromatic heterocycles. The van der Waals surface area contributed by atoms with E-state index in [-0.39, 0.29) is 5.91 Å². The van der Waals surface area contributed by atoms with Crippen LogP contribution in [0.25, 0.3) is 10.9 Å². The molecule has 1 N–H and O–H groups in total. The van der Waals surface area contributed by atoms with Gasteiger partial charge < -0.3 is 19.5 Å². The van der Waals surface area contributed by atoms with Gasteiger partial charge in [0.05, 0.1) is 31.9 Å². The zero-order valence-electron chi connectivity index (χ0n) is 16.3. The van der Waals surface area contributed by atoms with Crippen molar-refractivity contribution in [2.75, 3.05) is 31.2 Å². The third-order valence-electron chi connectivity index (χ3n) is 4.99. The van der Waals surface area contributed by atoms with Crippen LogP contribution in [0.2, 0.25) is 0 Å². The molecule has 28 heavy (non-hydrogen) atoms. The van der Waals surface area contributed by atoms with Gasteiger partial charge in [-0.2, -0.15) is 0 Å². The number of anilines is 1. The molecule has 0 bridgehead atoms. The number of ether oxygens (including phenoxy) is 1. The first-order chi connectivity index (χ1) is 13.6. The minimum Gasteiger partial charge on any atom is -0.378 e. The van der Waals surface area contributed by atoms with Crippen LogP contribution in [0, 0.1) is 6.92 Å². The molecular weight excluding hydrogens is 354 g/mol. The number of nitrogens with one attached hydrogen (secondary N) is 1. The van der Waals surface area contributed by atoms with Gasteiger partial charge in [0, 0.05) is 42.9 Å². The lowest BCUT2D eigenvalue weighted by Gasteiger charge is -2.27. The van der Waals surface area contributed by atoms with Crippen molar-refractivity contribution in [3.63, 3.8) is 0 Å². The number of carbonyl (C=O) groups is 1. The number of morpholine rings is 1. The number of rotatable bonds is 5. The first kappa shape index (κ1) is 18.4. The van der Waals surface area contributed by atoms with Crippen LogP contribution in [0.15, 0.2) is 36.5 Å². The highest BCUT2D eigenvalue weighted by atomic mass is 16.5. The fraction of sp³-hybridized carbons (Fsp3) is 0.381. The quantitative estimate of drug-likeness (QED) is 0.734. The first-order valence-electron chi connectivity index (χ1n) is 9.57. The summed E-state index contributed by atoms with van der Waals surface area (Å²) in [6, 6.07) is 10.0. The summed E-state index contributed by atoms with van der Waals surface area (Å²) in [6.45, 7) is 5.30. The Morgan fingerprint density at radius 2 is 2.00 bits per heavy atom. The summed E-state index contributed by atoms with van der Waals surface area (Å²) in [5.41, 5.74) is 3.88. The van der Waals surface area contributed by atoms with Crippen molar-refractivity contribution < 1.29 is 9.53 Å². The maximum absolute atomic E-state index is 12.5.